The van der Waals surface area contributed by atoms with Crippen molar-refractivity contribution in [2.75, 3.05) is 18.0 Å². The van der Waals surface area contributed by atoms with Gasteiger partial charge in [-0.3, -0.25) is 4.79 Å². The van der Waals surface area contributed by atoms with E-state index in [0.29, 0.717) is 12.5 Å². The third-order valence-electron chi connectivity index (χ3n) is 4.83. The smallest absolute Gasteiger partial charge is 0.224 e. The fourth-order valence-corrected chi connectivity index (χ4v) is 3.64. The van der Waals surface area contributed by atoms with Gasteiger partial charge in [0.1, 0.15) is 5.76 Å². The maximum absolute atomic E-state index is 11.5. The van der Waals surface area contributed by atoms with Gasteiger partial charge in [-0.25, -0.2) is 0 Å². The van der Waals surface area contributed by atoms with Gasteiger partial charge in [0, 0.05) is 12.5 Å². The molecule has 2 aliphatic heterocycles. The number of allylic oxidation sites excluding steroid dienone is 2. The highest BCUT2D eigenvalue weighted by Crippen LogP contribution is 2.43. The summed E-state index contributed by atoms with van der Waals surface area (Å²) in [6, 6.07) is 8.57. The van der Waals surface area contributed by atoms with Gasteiger partial charge in [-0.15, -0.1) is 0 Å². The van der Waals surface area contributed by atoms with Crippen LogP contribution in [0.25, 0.3) is 0 Å². The van der Waals surface area contributed by atoms with Gasteiger partial charge in [0.2, 0.25) is 5.91 Å². The number of carbonyl (C=O) groups excluding carboxylic acids is 1. The first-order valence-electron chi connectivity index (χ1n) is 8.21. The molecule has 5 nitrogen and oxygen atoms in total. The number of primary amides is 1. The fourth-order valence-electron chi connectivity index (χ4n) is 3.64. The average Bonchev–Trinajstić information content (AvgIpc) is 2.59. The highest BCUT2D eigenvalue weighted by molar-refractivity contribution is 5.80. The van der Waals surface area contributed by atoms with E-state index >= 15 is 0 Å². The summed E-state index contributed by atoms with van der Waals surface area (Å²) in [5.74, 6) is 1.13. The molecule has 0 spiro atoms. The Labute approximate surface area is 135 Å². The van der Waals surface area contributed by atoms with Crippen molar-refractivity contribution in [3.63, 3.8) is 0 Å². The molecule has 1 aliphatic carbocycles. The molecule has 23 heavy (non-hydrogen) atoms. The van der Waals surface area contributed by atoms with E-state index < -0.39 is 0 Å². The zero-order valence-corrected chi connectivity index (χ0v) is 13.0. The summed E-state index contributed by atoms with van der Waals surface area (Å²) in [6.45, 7) is 2.06. The van der Waals surface area contributed by atoms with Crippen LogP contribution in [0.5, 0.6) is 5.75 Å². The van der Waals surface area contributed by atoms with Crippen molar-refractivity contribution in [3.05, 3.63) is 47.9 Å². The number of para-hydroxylation sites is 2. The Morgan fingerprint density at radius 3 is 2.83 bits per heavy atom. The predicted octanol–water partition coefficient (Wildman–Crippen LogP) is 1.91. The van der Waals surface area contributed by atoms with Crippen LogP contribution in [0.1, 0.15) is 19.3 Å². The lowest BCUT2D eigenvalue weighted by Gasteiger charge is -2.42. The van der Waals surface area contributed by atoms with E-state index in [9.17, 15) is 4.79 Å². The molecule has 1 unspecified atom stereocenters. The number of hydrogen-bond acceptors (Lipinski definition) is 4. The number of rotatable bonds is 2. The number of piperidine rings is 1. The van der Waals surface area contributed by atoms with Crippen molar-refractivity contribution in [1.29, 1.82) is 0 Å². The highest BCUT2D eigenvalue weighted by Gasteiger charge is 2.34. The lowest BCUT2D eigenvalue weighted by molar-refractivity contribution is -0.120. The molecule has 5 heteroatoms. The van der Waals surface area contributed by atoms with E-state index in [-0.39, 0.29) is 11.8 Å². The average molecular weight is 311 g/mol. The zero-order valence-electron chi connectivity index (χ0n) is 13.0. The van der Waals surface area contributed by atoms with Gasteiger partial charge >= 0.3 is 0 Å². The first-order valence-corrected chi connectivity index (χ1v) is 8.21. The summed E-state index contributed by atoms with van der Waals surface area (Å²) in [5.41, 5.74) is 7.66. The third kappa shape index (κ3) is 2.51. The summed E-state index contributed by atoms with van der Waals surface area (Å²) >= 11 is 0. The van der Waals surface area contributed by atoms with Crippen LogP contribution in [0, 0.1) is 5.92 Å². The number of nitrogens with one attached hydrogen (secondary N) is 1. The van der Waals surface area contributed by atoms with Crippen molar-refractivity contribution in [2.24, 2.45) is 11.7 Å². The van der Waals surface area contributed by atoms with Crippen LogP contribution >= 0.6 is 0 Å². The van der Waals surface area contributed by atoms with Gasteiger partial charge in [-0.1, -0.05) is 18.2 Å². The molecule has 1 aromatic rings. The van der Waals surface area contributed by atoms with E-state index in [2.05, 4.69) is 16.3 Å². The molecule has 3 aliphatic rings. The molecule has 0 saturated carbocycles. The molecule has 0 aromatic heterocycles. The van der Waals surface area contributed by atoms with E-state index in [1.165, 1.54) is 0 Å². The van der Waals surface area contributed by atoms with Gasteiger partial charge in [0.25, 0.3) is 0 Å². The normalized spacial score (nSPS) is 24.0. The lowest BCUT2D eigenvalue weighted by Crippen LogP contribution is -2.45. The number of carbonyl (C=O) groups is 1. The second-order valence-corrected chi connectivity index (χ2v) is 6.30. The number of nitrogens with two attached hydrogens (primary N) is 1. The number of anilines is 1. The minimum Gasteiger partial charge on any atom is -0.457 e. The quantitative estimate of drug-likeness (QED) is 0.875. The largest absolute Gasteiger partial charge is 0.457 e. The Balaban J connectivity index is 1.74. The van der Waals surface area contributed by atoms with E-state index in [4.69, 9.17) is 10.5 Å². The Hall–Kier alpha value is -2.27. The molecule has 1 fully saturated rings. The van der Waals surface area contributed by atoms with Crippen LogP contribution in [0.2, 0.25) is 0 Å². The van der Waals surface area contributed by atoms with Crippen molar-refractivity contribution >= 4 is 11.6 Å². The standard InChI is InChI=1S/C18H21N3O2/c19-18(22)12-5-6-15-17(11-12)23-16-4-2-1-3-14(16)21(15)13-7-9-20-10-8-13/h1-6,12-13,20H,7-11H2,(H2,19,22). The Morgan fingerprint density at radius 2 is 2.04 bits per heavy atom. The number of benzene rings is 1. The first-order chi connectivity index (χ1) is 11.2. The van der Waals surface area contributed by atoms with Crippen LogP contribution in [0.4, 0.5) is 5.69 Å². The number of fused-ring (bicyclic) bond motifs is 1. The number of hydrogen-bond donors (Lipinski definition) is 2. The number of nitrogens with zero attached hydrogens (tertiary/aromatic N) is 1. The Kier molecular flexibility index (Phi) is 3.58. The van der Waals surface area contributed by atoms with Crippen LogP contribution < -0.4 is 20.7 Å². The van der Waals surface area contributed by atoms with Crippen LogP contribution in [0.15, 0.2) is 47.9 Å². The molecule has 4 rings (SSSR count). The summed E-state index contributed by atoms with van der Waals surface area (Å²) < 4.78 is 6.10. The summed E-state index contributed by atoms with van der Waals surface area (Å²) in [6.07, 6.45) is 6.64. The Bertz CT molecular complexity index is 689. The minimum absolute atomic E-state index is 0.283. The Morgan fingerprint density at radius 1 is 1.26 bits per heavy atom. The van der Waals surface area contributed by atoms with Crippen LogP contribution in [-0.4, -0.2) is 25.0 Å². The molecular weight excluding hydrogens is 290 g/mol. The predicted molar refractivity (Wildman–Crippen MR) is 88.9 cm³/mol. The molecule has 1 atom stereocenters. The maximum Gasteiger partial charge on any atom is 0.224 e. The molecule has 1 saturated heterocycles. The highest BCUT2D eigenvalue weighted by atomic mass is 16.5. The fraction of sp³-hybridized carbons (Fsp3) is 0.389. The zero-order chi connectivity index (χ0) is 15.8. The maximum atomic E-state index is 11.5. The SMILES string of the molecule is NC(=O)C1C=CC2=C(C1)Oc1ccccc1N2C1CCNCC1. The monoisotopic (exact) mass is 311 g/mol. The number of ether oxygens (including phenoxy) is 1. The molecule has 0 bridgehead atoms. The molecular formula is C18H21N3O2. The second-order valence-electron chi connectivity index (χ2n) is 6.30. The van der Waals surface area contributed by atoms with Gasteiger partial charge in [-0.2, -0.15) is 0 Å². The van der Waals surface area contributed by atoms with Crippen molar-refractivity contribution in [2.45, 2.75) is 25.3 Å². The van der Waals surface area contributed by atoms with E-state index in [1.807, 2.05) is 30.4 Å². The molecule has 2 heterocycles. The van der Waals surface area contributed by atoms with Crippen molar-refractivity contribution in [1.82, 2.24) is 5.32 Å². The molecule has 1 amide bonds. The number of amides is 1. The topological polar surface area (TPSA) is 67.6 Å². The minimum atomic E-state index is -0.302. The van der Waals surface area contributed by atoms with E-state index in [1.54, 1.807) is 0 Å². The van der Waals surface area contributed by atoms with Gasteiger partial charge in [-0.05, 0) is 44.1 Å². The van der Waals surface area contributed by atoms with E-state index in [0.717, 1.165) is 48.8 Å². The lowest BCUT2D eigenvalue weighted by atomic mass is 9.93. The van der Waals surface area contributed by atoms with Gasteiger partial charge in [0.15, 0.2) is 5.75 Å². The molecule has 3 N–H and O–H groups in total. The second kappa shape index (κ2) is 5.74. The summed E-state index contributed by atoms with van der Waals surface area (Å²) in [7, 11) is 0. The van der Waals surface area contributed by atoms with Gasteiger partial charge in [0.05, 0.1) is 17.3 Å². The van der Waals surface area contributed by atoms with Crippen molar-refractivity contribution in [3.8, 4) is 5.75 Å². The molecule has 0 radical (unpaired) electrons. The van der Waals surface area contributed by atoms with Gasteiger partial charge < -0.3 is 20.7 Å². The summed E-state index contributed by atoms with van der Waals surface area (Å²) in [4.78, 5) is 13.9. The van der Waals surface area contributed by atoms with Crippen LogP contribution in [-0.2, 0) is 4.79 Å². The molecule has 1 aromatic carbocycles. The third-order valence-corrected chi connectivity index (χ3v) is 4.83. The molecule has 120 valence electrons. The van der Waals surface area contributed by atoms with Crippen LogP contribution in [0.3, 0.4) is 0 Å². The first kappa shape index (κ1) is 14.3. The summed E-state index contributed by atoms with van der Waals surface area (Å²) in [5, 5.41) is 3.42. The van der Waals surface area contributed by atoms with Crippen molar-refractivity contribution < 1.29 is 9.53 Å².